The molecule has 1 heterocycles. The van der Waals surface area contributed by atoms with Gasteiger partial charge in [0.15, 0.2) is 0 Å². The van der Waals surface area contributed by atoms with E-state index in [4.69, 9.17) is 0 Å². The van der Waals surface area contributed by atoms with E-state index in [2.05, 4.69) is 10.6 Å². The number of anilines is 2. The van der Waals surface area contributed by atoms with E-state index in [0.717, 1.165) is 11.4 Å². The quantitative estimate of drug-likeness (QED) is 0.836. The minimum absolute atomic E-state index is 0.0582. The molecule has 2 N–H and O–H groups in total. The normalized spacial score (nSPS) is 18.3. The average Bonchev–Trinajstić information content (AvgIpc) is 2.76. The number of hydrogen-bond acceptors (Lipinski definition) is 3. The molecule has 0 aromatic heterocycles. The molecule has 1 fully saturated rings. The van der Waals surface area contributed by atoms with Gasteiger partial charge in [0.05, 0.1) is 0 Å². The van der Waals surface area contributed by atoms with Crippen LogP contribution in [0.25, 0.3) is 0 Å². The Bertz CT molecular complexity index is 471. The van der Waals surface area contributed by atoms with Gasteiger partial charge in [-0.3, -0.25) is 9.59 Å². The van der Waals surface area contributed by atoms with Gasteiger partial charge in [0, 0.05) is 31.9 Å². The summed E-state index contributed by atoms with van der Waals surface area (Å²) in [5.41, 5.74) is 1.76. The molecule has 18 heavy (non-hydrogen) atoms. The van der Waals surface area contributed by atoms with Crippen LogP contribution in [0.1, 0.15) is 12.8 Å². The first-order chi connectivity index (χ1) is 8.56. The van der Waals surface area contributed by atoms with Crippen molar-refractivity contribution < 1.29 is 9.59 Å². The molecule has 2 amide bonds. The van der Waals surface area contributed by atoms with Crippen LogP contribution >= 0.6 is 0 Å². The molecule has 96 valence electrons. The van der Waals surface area contributed by atoms with Crippen molar-refractivity contribution in [3.63, 3.8) is 0 Å². The zero-order valence-corrected chi connectivity index (χ0v) is 10.6. The Kier molecular flexibility index (Phi) is 3.50. The van der Waals surface area contributed by atoms with Crippen LogP contribution in [-0.4, -0.2) is 32.0 Å². The maximum absolute atomic E-state index is 11.9. The third-order valence-electron chi connectivity index (χ3n) is 2.94. The first-order valence-corrected chi connectivity index (χ1v) is 5.94. The molecule has 0 spiro atoms. The fraction of sp³-hybridized carbons (Fsp3) is 0.385. The van der Waals surface area contributed by atoms with Gasteiger partial charge in [0.1, 0.15) is 6.04 Å². The zero-order valence-electron chi connectivity index (χ0n) is 10.6. The monoisotopic (exact) mass is 247 g/mol. The highest BCUT2D eigenvalue weighted by molar-refractivity contribution is 5.99. The van der Waals surface area contributed by atoms with Gasteiger partial charge in [-0.2, -0.15) is 0 Å². The van der Waals surface area contributed by atoms with E-state index in [1.165, 1.54) is 0 Å². The molecule has 1 aromatic carbocycles. The van der Waals surface area contributed by atoms with E-state index in [1.54, 1.807) is 0 Å². The van der Waals surface area contributed by atoms with Gasteiger partial charge in [0.25, 0.3) is 0 Å². The predicted octanol–water partition coefficient (Wildman–Crippen LogP) is 0.970. The van der Waals surface area contributed by atoms with E-state index in [0.29, 0.717) is 12.8 Å². The second-order valence-electron chi connectivity index (χ2n) is 4.59. The molecule has 1 atom stereocenters. The second-order valence-corrected chi connectivity index (χ2v) is 4.59. The lowest BCUT2D eigenvalue weighted by atomic mass is 10.2. The summed E-state index contributed by atoms with van der Waals surface area (Å²) in [6.45, 7) is 0. The van der Waals surface area contributed by atoms with Crippen LogP contribution in [0, 0.1) is 0 Å². The molecule has 5 heteroatoms. The predicted molar refractivity (Wildman–Crippen MR) is 70.6 cm³/mol. The summed E-state index contributed by atoms with van der Waals surface area (Å²) in [6, 6.07) is 7.18. The summed E-state index contributed by atoms with van der Waals surface area (Å²) in [4.78, 5) is 24.9. The van der Waals surface area contributed by atoms with Crippen LogP contribution in [0.3, 0.4) is 0 Å². The molecule has 1 aliphatic heterocycles. The Morgan fingerprint density at radius 1 is 1.44 bits per heavy atom. The van der Waals surface area contributed by atoms with E-state index in [1.807, 2.05) is 43.3 Å². The van der Waals surface area contributed by atoms with Crippen molar-refractivity contribution in [3.8, 4) is 0 Å². The first-order valence-electron chi connectivity index (χ1n) is 5.94. The van der Waals surface area contributed by atoms with Crippen molar-refractivity contribution in [1.82, 2.24) is 5.32 Å². The largest absolute Gasteiger partial charge is 0.378 e. The van der Waals surface area contributed by atoms with Gasteiger partial charge in [0.2, 0.25) is 11.8 Å². The van der Waals surface area contributed by atoms with Crippen LogP contribution < -0.4 is 15.5 Å². The number of hydrogen-bond donors (Lipinski definition) is 2. The fourth-order valence-corrected chi connectivity index (χ4v) is 1.90. The van der Waals surface area contributed by atoms with Crippen molar-refractivity contribution in [3.05, 3.63) is 24.3 Å². The summed E-state index contributed by atoms with van der Waals surface area (Å²) >= 11 is 0. The molecule has 2 rings (SSSR count). The zero-order chi connectivity index (χ0) is 13.1. The maximum atomic E-state index is 11.9. The van der Waals surface area contributed by atoms with Crippen molar-refractivity contribution in [2.24, 2.45) is 0 Å². The van der Waals surface area contributed by atoms with Crippen LogP contribution in [0.5, 0.6) is 0 Å². The Hall–Kier alpha value is -2.04. The Labute approximate surface area is 106 Å². The molecular weight excluding hydrogens is 230 g/mol. The van der Waals surface area contributed by atoms with Gasteiger partial charge >= 0.3 is 0 Å². The molecule has 1 unspecified atom stereocenters. The third-order valence-corrected chi connectivity index (χ3v) is 2.94. The lowest BCUT2D eigenvalue weighted by Crippen LogP contribution is -2.37. The fourth-order valence-electron chi connectivity index (χ4n) is 1.90. The molecule has 5 nitrogen and oxygen atoms in total. The first kappa shape index (κ1) is 12.4. The lowest BCUT2D eigenvalue weighted by molar-refractivity contribution is -0.122. The topological polar surface area (TPSA) is 61.4 Å². The Morgan fingerprint density at radius 3 is 2.83 bits per heavy atom. The van der Waals surface area contributed by atoms with E-state index >= 15 is 0 Å². The average molecular weight is 247 g/mol. The molecule has 1 aromatic rings. The van der Waals surface area contributed by atoms with Crippen molar-refractivity contribution in [2.75, 3.05) is 24.3 Å². The number of rotatable bonds is 3. The number of nitrogens with zero attached hydrogens (tertiary/aromatic N) is 1. The SMILES string of the molecule is CN(C)c1cccc(NC(=O)C2CCC(=O)N2)c1. The highest BCUT2D eigenvalue weighted by atomic mass is 16.2. The molecular formula is C13H17N3O2. The Morgan fingerprint density at radius 2 is 2.22 bits per heavy atom. The van der Waals surface area contributed by atoms with Gasteiger partial charge in [-0.25, -0.2) is 0 Å². The standard InChI is InChI=1S/C13H17N3O2/c1-16(2)10-5-3-4-9(8-10)14-13(18)11-6-7-12(17)15-11/h3-5,8,11H,6-7H2,1-2H3,(H,14,18)(H,15,17). The highest BCUT2D eigenvalue weighted by Crippen LogP contribution is 2.18. The number of carbonyl (C=O) groups is 2. The Balaban J connectivity index is 2.02. The van der Waals surface area contributed by atoms with Crippen molar-refractivity contribution in [1.29, 1.82) is 0 Å². The summed E-state index contributed by atoms with van der Waals surface area (Å²) in [5, 5.41) is 5.47. The van der Waals surface area contributed by atoms with E-state index in [-0.39, 0.29) is 11.8 Å². The van der Waals surface area contributed by atoms with E-state index in [9.17, 15) is 9.59 Å². The third kappa shape index (κ3) is 2.80. The van der Waals surface area contributed by atoms with Crippen molar-refractivity contribution in [2.45, 2.75) is 18.9 Å². The van der Waals surface area contributed by atoms with Crippen LogP contribution in [0.4, 0.5) is 11.4 Å². The summed E-state index contributed by atoms with van der Waals surface area (Å²) in [6.07, 6.45) is 0.994. The lowest BCUT2D eigenvalue weighted by Gasteiger charge is -2.15. The summed E-state index contributed by atoms with van der Waals surface area (Å²) < 4.78 is 0. The van der Waals surface area contributed by atoms with E-state index < -0.39 is 6.04 Å². The van der Waals surface area contributed by atoms with Gasteiger partial charge in [-0.1, -0.05) is 6.07 Å². The number of amides is 2. The van der Waals surface area contributed by atoms with Crippen molar-refractivity contribution >= 4 is 23.2 Å². The smallest absolute Gasteiger partial charge is 0.246 e. The van der Waals surface area contributed by atoms with Gasteiger partial charge in [-0.15, -0.1) is 0 Å². The van der Waals surface area contributed by atoms with Crippen LogP contribution in [-0.2, 0) is 9.59 Å². The number of benzene rings is 1. The second kappa shape index (κ2) is 5.08. The number of nitrogens with one attached hydrogen (secondary N) is 2. The minimum Gasteiger partial charge on any atom is -0.378 e. The van der Waals surface area contributed by atoms with Crippen LogP contribution in [0.15, 0.2) is 24.3 Å². The van der Waals surface area contributed by atoms with Gasteiger partial charge < -0.3 is 15.5 Å². The highest BCUT2D eigenvalue weighted by Gasteiger charge is 2.27. The maximum Gasteiger partial charge on any atom is 0.246 e. The molecule has 0 bridgehead atoms. The number of carbonyl (C=O) groups excluding carboxylic acids is 2. The molecule has 1 saturated heterocycles. The minimum atomic E-state index is -0.402. The summed E-state index contributed by atoms with van der Waals surface area (Å²) in [5.74, 6) is -0.214. The molecule has 0 radical (unpaired) electrons. The molecule has 0 saturated carbocycles. The molecule has 0 aliphatic carbocycles. The van der Waals surface area contributed by atoms with Crippen LogP contribution in [0.2, 0.25) is 0 Å². The summed E-state index contributed by atoms with van der Waals surface area (Å²) in [7, 11) is 3.89. The van der Waals surface area contributed by atoms with Gasteiger partial charge in [-0.05, 0) is 24.6 Å². The molecule has 1 aliphatic rings.